The summed E-state index contributed by atoms with van der Waals surface area (Å²) in [6, 6.07) is 7.47. The number of ether oxygens (including phenoxy) is 1. The van der Waals surface area contributed by atoms with Gasteiger partial charge in [0.25, 0.3) is 5.91 Å². The van der Waals surface area contributed by atoms with Crippen LogP contribution in [-0.2, 0) is 17.9 Å². The second-order valence-electron chi connectivity index (χ2n) is 5.43. The molecule has 1 heterocycles. The molecule has 1 aromatic heterocycles. The third-order valence-corrected chi connectivity index (χ3v) is 4.52. The first-order chi connectivity index (χ1) is 12.0. The largest absolute Gasteiger partial charge is 0.484 e. The monoisotopic (exact) mass is 361 g/mol. The summed E-state index contributed by atoms with van der Waals surface area (Å²) in [4.78, 5) is 20.7. The summed E-state index contributed by atoms with van der Waals surface area (Å²) in [7, 11) is 1.72. The Bertz CT molecular complexity index is 738. The highest BCUT2D eigenvalue weighted by atomic mass is 32.1. The van der Waals surface area contributed by atoms with Gasteiger partial charge in [-0.1, -0.05) is 12.1 Å². The van der Waals surface area contributed by atoms with Crippen molar-refractivity contribution < 1.29 is 9.53 Å². The molecule has 1 aromatic carbocycles. The van der Waals surface area contributed by atoms with Crippen LogP contribution in [-0.4, -0.2) is 30.5 Å². The zero-order valence-corrected chi connectivity index (χ0v) is 15.4. The van der Waals surface area contributed by atoms with E-state index in [-0.39, 0.29) is 6.61 Å². The molecule has 0 fully saturated rings. The van der Waals surface area contributed by atoms with Crippen LogP contribution in [0.15, 0.2) is 29.3 Å². The average molecular weight is 361 g/mol. The van der Waals surface area contributed by atoms with Crippen LogP contribution in [0, 0.1) is 13.8 Å². The summed E-state index contributed by atoms with van der Waals surface area (Å²) in [6.45, 7) is 5.14. The highest BCUT2D eigenvalue weighted by molar-refractivity contribution is 7.11. The van der Waals surface area contributed by atoms with E-state index in [2.05, 4.69) is 27.5 Å². The van der Waals surface area contributed by atoms with Gasteiger partial charge in [-0.15, -0.1) is 11.3 Å². The molecule has 8 heteroatoms. The van der Waals surface area contributed by atoms with Gasteiger partial charge in [-0.25, -0.2) is 4.98 Å². The van der Waals surface area contributed by atoms with Gasteiger partial charge >= 0.3 is 0 Å². The molecule has 0 saturated heterocycles. The first-order valence-corrected chi connectivity index (χ1v) is 8.67. The molecule has 2 rings (SSSR count). The van der Waals surface area contributed by atoms with E-state index in [9.17, 15) is 4.79 Å². The van der Waals surface area contributed by atoms with Gasteiger partial charge in [0.2, 0.25) is 0 Å². The SMILES string of the molecule is CN=C(NCc1cccc(OCC(N)=O)c1)NCc1nc(C)c(C)s1. The van der Waals surface area contributed by atoms with Crippen LogP contribution in [0.3, 0.4) is 0 Å². The van der Waals surface area contributed by atoms with Crippen LogP contribution < -0.4 is 21.1 Å². The molecule has 25 heavy (non-hydrogen) atoms. The number of rotatable bonds is 7. The number of hydrogen-bond donors (Lipinski definition) is 3. The minimum atomic E-state index is -0.499. The second-order valence-corrected chi connectivity index (χ2v) is 6.72. The minimum absolute atomic E-state index is 0.132. The second kappa shape index (κ2) is 9.03. The fourth-order valence-corrected chi connectivity index (χ4v) is 2.95. The summed E-state index contributed by atoms with van der Waals surface area (Å²) in [5, 5.41) is 7.51. The van der Waals surface area contributed by atoms with Crippen molar-refractivity contribution in [1.29, 1.82) is 0 Å². The number of carbonyl (C=O) groups excluding carboxylic acids is 1. The number of hydrogen-bond acceptors (Lipinski definition) is 5. The van der Waals surface area contributed by atoms with Crippen molar-refractivity contribution in [2.45, 2.75) is 26.9 Å². The third-order valence-electron chi connectivity index (χ3n) is 3.44. The number of guanidine groups is 1. The molecule has 0 atom stereocenters. The molecular weight excluding hydrogens is 338 g/mol. The first-order valence-electron chi connectivity index (χ1n) is 7.85. The van der Waals surface area contributed by atoms with E-state index in [1.807, 2.05) is 25.1 Å². The fourth-order valence-electron chi connectivity index (χ4n) is 2.08. The van der Waals surface area contributed by atoms with Crippen LogP contribution in [0.1, 0.15) is 21.1 Å². The molecule has 0 aliphatic heterocycles. The number of thiazole rings is 1. The van der Waals surface area contributed by atoms with E-state index >= 15 is 0 Å². The van der Waals surface area contributed by atoms with Gasteiger partial charge in [0.05, 0.1) is 12.2 Å². The lowest BCUT2D eigenvalue weighted by atomic mass is 10.2. The molecule has 7 nitrogen and oxygen atoms in total. The maximum atomic E-state index is 10.8. The number of nitrogens with one attached hydrogen (secondary N) is 2. The van der Waals surface area contributed by atoms with Crippen molar-refractivity contribution in [2.24, 2.45) is 10.7 Å². The molecule has 0 saturated carbocycles. The van der Waals surface area contributed by atoms with Crippen LogP contribution in [0.5, 0.6) is 5.75 Å². The zero-order chi connectivity index (χ0) is 18.2. The van der Waals surface area contributed by atoms with E-state index in [0.29, 0.717) is 24.8 Å². The molecule has 2 aromatic rings. The summed E-state index contributed by atoms with van der Waals surface area (Å²) >= 11 is 1.68. The number of aromatic nitrogens is 1. The van der Waals surface area contributed by atoms with Crippen molar-refractivity contribution in [2.75, 3.05) is 13.7 Å². The number of nitrogens with zero attached hydrogens (tertiary/aromatic N) is 2. The molecule has 0 aliphatic rings. The Balaban J connectivity index is 1.85. The standard InChI is InChI=1S/C17H23N5O2S/c1-11-12(2)25-16(22-11)9-21-17(19-3)20-8-13-5-4-6-14(7-13)24-10-15(18)23/h4-7H,8-10H2,1-3H3,(H2,18,23)(H2,19,20,21). The number of amides is 1. The first kappa shape index (κ1) is 18.7. The molecule has 0 unspecified atom stereocenters. The Hall–Kier alpha value is -2.61. The Morgan fingerprint density at radius 2 is 2.08 bits per heavy atom. The number of primary amides is 1. The Morgan fingerprint density at radius 1 is 1.32 bits per heavy atom. The lowest BCUT2D eigenvalue weighted by molar-refractivity contribution is -0.119. The predicted molar refractivity (Wildman–Crippen MR) is 99.8 cm³/mol. The minimum Gasteiger partial charge on any atom is -0.484 e. The molecule has 4 N–H and O–H groups in total. The Kier molecular flexibility index (Phi) is 6.76. The number of nitrogens with two attached hydrogens (primary N) is 1. The van der Waals surface area contributed by atoms with Crippen LogP contribution in [0.4, 0.5) is 0 Å². The summed E-state index contributed by atoms with van der Waals surface area (Å²) in [5.74, 6) is 0.796. The molecule has 0 radical (unpaired) electrons. The quantitative estimate of drug-likeness (QED) is 0.512. The van der Waals surface area contributed by atoms with Gasteiger partial charge in [-0.3, -0.25) is 9.79 Å². The molecule has 1 amide bonds. The third kappa shape index (κ3) is 6.07. The molecule has 134 valence electrons. The molecular formula is C17H23N5O2S. The van der Waals surface area contributed by atoms with E-state index in [0.717, 1.165) is 16.3 Å². The normalized spacial score (nSPS) is 11.2. The van der Waals surface area contributed by atoms with E-state index < -0.39 is 5.91 Å². The van der Waals surface area contributed by atoms with Gasteiger partial charge in [0.1, 0.15) is 10.8 Å². The van der Waals surface area contributed by atoms with Crippen molar-refractivity contribution in [3.63, 3.8) is 0 Å². The lowest BCUT2D eigenvalue weighted by Gasteiger charge is -2.12. The zero-order valence-electron chi connectivity index (χ0n) is 14.6. The number of carbonyl (C=O) groups is 1. The van der Waals surface area contributed by atoms with Gasteiger partial charge in [-0.05, 0) is 31.5 Å². The summed E-state index contributed by atoms with van der Waals surface area (Å²) in [5.41, 5.74) is 7.15. The predicted octanol–water partition coefficient (Wildman–Crippen LogP) is 1.49. The van der Waals surface area contributed by atoms with E-state index in [1.165, 1.54) is 4.88 Å². The van der Waals surface area contributed by atoms with Gasteiger partial charge in [-0.2, -0.15) is 0 Å². The van der Waals surface area contributed by atoms with Crippen molar-refractivity contribution in [1.82, 2.24) is 15.6 Å². The topological polar surface area (TPSA) is 102 Å². The van der Waals surface area contributed by atoms with Crippen molar-refractivity contribution in [3.05, 3.63) is 45.4 Å². The number of benzene rings is 1. The Labute approximate surface area is 151 Å². The smallest absolute Gasteiger partial charge is 0.255 e. The van der Waals surface area contributed by atoms with Crippen molar-refractivity contribution >= 4 is 23.2 Å². The average Bonchev–Trinajstić information content (AvgIpc) is 2.91. The number of aryl methyl sites for hydroxylation is 2. The van der Waals surface area contributed by atoms with Crippen LogP contribution in [0.25, 0.3) is 0 Å². The molecule has 0 aliphatic carbocycles. The fraction of sp³-hybridized carbons (Fsp3) is 0.353. The Morgan fingerprint density at radius 3 is 2.72 bits per heavy atom. The van der Waals surface area contributed by atoms with E-state index in [1.54, 1.807) is 24.5 Å². The van der Waals surface area contributed by atoms with Crippen LogP contribution >= 0.6 is 11.3 Å². The highest BCUT2D eigenvalue weighted by Gasteiger charge is 2.05. The maximum Gasteiger partial charge on any atom is 0.255 e. The molecule has 0 spiro atoms. The number of aliphatic imine (C=N–C) groups is 1. The highest BCUT2D eigenvalue weighted by Crippen LogP contribution is 2.16. The summed E-state index contributed by atoms with van der Waals surface area (Å²) in [6.07, 6.45) is 0. The van der Waals surface area contributed by atoms with Gasteiger partial charge in [0.15, 0.2) is 12.6 Å². The van der Waals surface area contributed by atoms with Crippen molar-refractivity contribution in [3.8, 4) is 5.75 Å². The summed E-state index contributed by atoms with van der Waals surface area (Å²) < 4.78 is 5.30. The maximum absolute atomic E-state index is 10.8. The van der Waals surface area contributed by atoms with Crippen LogP contribution in [0.2, 0.25) is 0 Å². The lowest BCUT2D eigenvalue weighted by Crippen LogP contribution is -2.36. The van der Waals surface area contributed by atoms with Gasteiger partial charge < -0.3 is 21.1 Å². The molecule has 0 bridgehead atoms. The van der Waals surface area contributed by atoms with E-state index in [4.69, 9.17) is 10.5 Å². The van der Waals surface area contributed by atoms with Gasteiger partial charge in [0, 0.05) is 18.5 Å².